The predicted molar refractivity (Wildman–Crippen MR) is 77.0 cm³/mol. The number of amides is 1. The monoisotopic (exact) mass is 302 g/mol. The van der Waals surface area contributed by atoms with Gasteiger partial charge in [0.05, 0.1) is 5.69 Å². The molecule has 0 radical (unpaired) electrons. The van der Waals surface area contributed by atoms with E-state index in [0.717, 1.165) is 51.3 Å². The van der Waals surface area contributed by atoms with Gasteiger partial charge in [0.25, 0.3) is 5.91 Å². The number of carbonyl (C=O) groups is 1. The predicted octanol–water partition coefficient (Wildman–Crippen LogP) is 1.49. The molecule has 0 bridgehead atoms. The number of halogens is 1. The number of rotatable bonds is 5. The number of hydrogen-bond acceptors (Lipinski definition) is 5. The van der Waals surface area contributed by atoms with E-state index in [1.807, 2.05) is 4.90 Å². The van der Waals surface area contributed by atoms with E-state index >= 15 is 0 Å². The smallest absolute Gasteiger partial charge is 0.267 e. The highest BCUT2D eigenvalue weighted by Crippen LogP contribution is 2.16. The first-order valence-electron chi connectivity index (χ1n) is 6.65. The Balaban J connectivity index is 1.95. The largest absolute Gasteiger partial charge is 0.335 e. The van der Waals surface area contributed by atoms with Gasteiger partial charge in [-0.1, -0.05) is 17.8 Å². The second-order valence-electron chi connectivity index (χ2n) is 4.62. The highest BCUT2D eigenvalue weighted by molar-refractivity contribution is 7.08. The van der Waals surface area contributed by atoms with Crippen LogP contribution in [0.25, 0.3) is 0 Å². The number of aryl methyl sites for hydroxylation is 1. The van der Waals surface area contributed by atoms with Crippen molar-refractivity contribution in [3.05, 3.63) is 10.6 Å². The van der Waals surface area contributed by atoms with E-state index in [1.165, 1.54) is 11.5 Å². The zero-order valence-corrected chi connectivity index (χ0v) is 12.7. The first-order chi connectivity index (χ1) is 9.26. The second kappa shape index (κ2) is 7.17. The van der Waals surface area contributed by atoms with E-state index in [9.17, 15) is 4.79 Å². The lowest BCUT2D eigenvalue weighted by molar-refractivity contribution is 0.0648. The molecule has 19 heavy (non-hydrogen) atoms. The molecule has 0 unspecified atom stereocenters. The molecule has 0 N–H and O–H groups in total. The summed E-state index contributed by atoms with van der Waals surface area (Å²) in [6.45, 7) is 6.30. The van der Waals surface area contributed by atoms with Crippen molar-refractivity contribution in [1.29, 1.82) is 0 Å². The molecule has 1 fully saturated rings. The number of nitrogens with zero attached hydrogens (tertiary/aromatic N) is 4. The van der Waals surface area contributed by atoms with Crippen molar-refractivity contribution < 1.29 is 4.79 Å². The molecular formula is C12H19ClN4OS. The van der Waals surface area contributed by atoms with Gasteiger partial charge in [0, 0.05) is 38.6 Å². The van der Waals surface area contributed by atoms with E-state index in [4.69, 9.17) is 11.6 Å². The average Bonchev–Trinajstić information content (AvgIpc) is 2.88. The van der Waals surface area contributed by atoms with Crippen LogP contribution in [0.5, 0.6) is 0 Å². The molecule has 7 heteroatoms. The van der Waals surface area contributed by atoms with Crippen LogP contribution in [0.4, 0.5) is 0 Å². The van der Waals surface area contributed by atoms with Gasteiger partial charge in [-0.25, -0.2) is 0 Å². The van der Waals surface area contributed by atoms with Crippen molar-refractivity contribution in [2.24, 2.45) is 0 Å². The SMILES string of the molecule is CCCc1nnsc1C(=O)N1CCN(CCCl)CC1. The maximum atomic E-state index is 12.4. The fourth-order valence-corrected chi connectivity index (χ4v) is 3.12. The normalized spacial score (nSPS) is 16.8. The maximum absolute atomic E-state index is 12.4. The summed E-state index contributed by atoms with van der Waals surface area (Å²) in [5.74, 6) is 0.733. The van der Waals surface area contributed by atoms with Gasteiger partial charge in [-0.2, -0.15) is 0 Å². The van der Waals surface area contributed by atoms with Crippen molar-refractivity contribution in [2.45, 2.75) is 19.8 Å². The van der Waals surface area contributed by atoms with Crippen molar-refractivity contribution in [2.75, 3.05) is 38.6 Å². The number of hydrogen-bond donors (Lipinski definition) is 0. The molecule has 0 saturated carbocycles. The van der Waals surface area contributed by atoms with Crippen LogP contribution in [0.15, 0.2) is 0 Å². The van der Waals surface area contributed by atoms with Crippen LogP contribution in [-0.4, -0.2) is 63.9 Å². The molecule has 0 aromatic carbocycles. The molecule has 1 amide bonds. The zero-order chi connectivity index (χ0) is 13.7. The van der Waals surface area contributed by atoms with Crippen LogP contribution < -0.4 is 0 Å². The summed E-state index contributed by atoms with van der Waals surface area (Å²) in [7, 11) is 0. The average molecular weight is 303 g/mol. The van der Waals surface area contributed by atoms with Crippen LogP contribution >= 0.6 is 23.1 Å². The summed E-state index contributed by atoms with van der Waals surface area (Å²) in [5.41, 5.74) is 0.848. The number of piperazine rings is 1. The minimum atomic E-state index is 0.0870. The van der Waals surface area contributed by atoms with E-state index in [2.05, 4.69) is 21.4 Å². The van der Waals surface area contributed by atoms with Crippen molar-refractivity contribution >= 4 is 29.0 Å². The van der Waals surface area contributed by atoms with E-state index in [0.29, 0.717) is 10.8 Å². The first-order valence-corrected chi connectivity index (χ1v) is 7.96. The Bertz CT molecular complexity index is 418. The Morgan fingerprint density at radius 1 is 1.37 bits per heavy atom. The molecule has 0 atom stereocenters. The summed E-state index contributed by atoms with van der Waals surface area (Å²) in [6, 6.07) is 0. The number of carbonyl (C=O) groups excluding carboxylic acids is 1. The Hall–Kier alpha value is -0.720. The third-order valence-corrected chi connectivity index (χ3v) is 4.22. The second-order valence-corrected chi connectivity index (χ2v) is 5.75. The van der Waals surface area contributed by atoms with Crippen LogP contribution in [0, 0.1) is 0 Å². The molecule has 2 heterocycles. The van der Waals surface area contributed by atoms with Gasteiger partial charge < -0.3 is 4.90 Å². The zero-order valence-electron chi connectivity index (χ0n) is 11.1. The summed E-state index contributed by atoms with van der Waals surface area (Å²) < 4.78 is 3.92. The first kappa shape index (κ1) is 14.7. The third kappa shape index (κ3) is 3.64. The Morgan fingerprint density at radius 3 is 2.74 bits per heavy atom. The van der Waals surface area contributed by atoms with Gasteiger partial charge >= 0.3 is 0 Å². The molecule has 0 spiro atoms. The lowest BCUT2D eigenvalue weighted by atomic mass is 10.2. The Morgan fingerprint density at radius 2 is 2.11 bits per heavy atom. The Kier molecular flexibility index (Phi) is 5.54. The number of aromatic nitrogens is 2. The fourth-order valence-electron chi connectivity index (χ4n) is 2.21. The molecule has 1 aliphatic heterocycles. The van der Waals surface area contributed by atoms with Crippen LogP contribution in [0.1, 0.15) is 28.7 Å². The van der Waals surface area contributed by atoms with E-state index < -0.39 is 0 Å². The molecule has 1 aromatic rings. The van der Waals surface area contributed by atoms with Crippen LogP contribution in [0.2, 0.25) is 0 Å². The van der Waals surface area contributed by atoms with Gasteiger partial charge in [0.2, 0.25) is 0 Å². The van der Waals surface area contributed by atoms with Crippen molar-refractivity contribution in [3.63, 3.8) is 0 Å². The van der Waals surface area contributed by atoms with Crippen molar-refractivity contribution in [1.82, 2.24) is 19.4 Å². The minimum absolute atomic E-state index is 0.0870. The quantitative estimate of drug-likeness (QED) is 0.773. The van der Waals surface area contributed by atoms with E-state index in [-0.39, 0.29) is 5.91 Å². The number of alkyl halides is 1. The molecule has 5 nitrogen and oxygen atoms in total. The molecule has 1 aromatic heterocycles. The van der Waals surface area contributed by atoms with Gasteiger partial charge in [-0.15, -0.1) is 16.7 Å². The van der Waals surface area contributed by atoms with Crippen LogP contribution in [-0.2, 0) is 6.42 Å². The third-order valence-electron chi connectivity index (χ3n) is 3.30. The van der Waals surface area contributed by atoms with Crippen molar-refractivity contribution in [3.8, 4) is 0 Å². The molecule has 1 saturated heterocycles. The van der Waals surface area contributed by atoms with Gasteiger partial charge in [0.1, 0.15) is 4.88 Å². The topological polar surface area (TPSA) is 49.3 Å². The lowest BCUT2D eigenvalue weighted by Gasteiger charge is -2.34. The molecule has 0 aliphatic carbocycles. The highest BCUT2D eigenvalue weighted by atomic mass is 35.5. The minimum Gasteiger partial charge on any atom is -0.335 e. The van der Waals surface area contributed by atoms with Gasteiger partial charge in [-0.05, 0) is 18.0 Å². The summed E-state index contributed by atoms with van der Waals surface area (Å²) in [4.78, 5) is 17.3. The molecule has 2 rings (SSSR count). The van der Waals surface area contributed by atoms with Crippen LogP contribution in [0.3, 0.4) is 0 Å². The van der Waals surface area contributed by atoms with Gasteiger partial charge in [-0.3, -0.25) is 9.69 Å². The molecule has 1 aliphatic rings. The molecule has 106 valence electrons. The summed E-state index contributed by atoms with van der Waals surface area (Å²) in [6.07, 6.45) is 1.80. The fraction of sp³-hybridized carbons (Fsp3) is 0.750. The standard InChI is InChI=1S/C12H19ClN4OS/c1-2-3-10-11(19-15-14-10)12(18)17-8-6-16(5-4-13)7-9-17/h2-9H2,1H3. The lowest BCUT2D eigenvalue weighted by Crippen LogP contribution is -2.49. The van der Waals surface area contributed by atoms with E-state index in [1.54, 1.807) is 0 Å². The molecular weight excluding hydrogens is 284 g/mol. The maximum Gasteiger partial charge on any atom is 0.267 e. The summed E-state index contributed by atoms with van der Waals surface area (Å²) >= 11 is 6.95. The Labute approximate surface area is 122 Å². The summed E-state index contributed by atoms with van der Waals surface area (Å²) in [5, 5.41) is 4.06. The highest BCUT2D eigenvalue weighted by Gasteiger charge is 2.25. The van der Waals surface area contributed by atoms with Gasteiger partial charge in [0.15, 0.2) is 0 Å².